The van der Waals surface area contributed by atoms with E-state index in [1.807, 2.05) is 6.92 Å². The molecule has 0 fully saturated rings. The number of nitrogens with one attached hydrogen (secondary N) is 1. The van der Waals surface area contributed by atoms with Crippen LogP contribution in [0.3, 0.4) is 0 Å². The summed E-state index contributed by atoms with van der Waals surface area (Å²) in [6, 6.07) is 0. The van der Waals surface area contributed by atoms with E-state index in [-0.39, 0.29) is 18.6 Å². The molecule has 4 nitrogen and oxygen atoms in total. The number of hydrogen-bond acceptors (Lipinski definition) is 4. The highest BCUT2D eigenvalue weighted by atomic mass is 16.5. The zero-order valence-corrected chi connectivity index (χ0v) is 7.67. The molecule has 0 aromatic carbocycles. The maximum Gasteiger partial charge on any atom is 0.319 e. The van der Waals surface area contributed by atoms with E-state index in [4.69, 9.17) is 5.11 Å². The van der Waals surface area contributed by atoms with Crippen molar-refractivity contribution in [3.8, 4) is 0 Å². The SMILES string of the molecule is CCC(O)CCNCC(=O)OC. The molecular formula is C8H17NO3. The van der Waals surface area contributed by atoms with Gasteiger partial charge in [0, 0.05) is 0 Å². The number of rotatable bonds is 6. The minimum atomic E-state index is -0.277. The highest BCUT2D eigenvalue weighted by Crippen LogP contribution is 1.93. The second-order valence-electron chi connectivity index (χ2n) is 2.60. The minimum absolute atomic E-state index is 0.215. The van der Waals surface area contributed by atoms with Gasteiger partial charge in [-0.1, -0.05) is 6.92 Å². The van der Waals surface area contributed by atoms with Gasteiger partial charge in [0.25, 0.3) is 0 Å². The van der Waals surface area contributed by atoms with Crippen LogP contribution in [-0.2, 0) is 9.53 Å². The Bertz CT molecular complexity index is 127. The number of aliphatic hydroxyl groups is 1. The van der Waals surface area contributed by atoms with Crippen molar-refractivity contribution in [2.24, 2.45) is 0 Å². The van der Waals surface area contributed by atoms with Crippen molar-refractivity contribution >= 4 is 5.97 Å². The summed E-state index contributed by atoms with van der Waals surface area (Å²) >= 11 is 0. The highest BCUT2D eigenvalue weighted by Gasteiger charge is 2.01. The lowest BCUT2D eigenvalue weighted by Crippen LogP contribution is -2.26. The van der Waals surface area contributed by atoms with Gasteiger partial charge < -0.3 is 15.2 Å². The van der Waals surface area contributed by atoms with Gasteiger partial charge >= 0.3 is 5.97 Å². The van der Waals surface area contributed by atoms with Crippen LogP contribution in [0.4, 0.5) is 0 Å². The monoisotopic (exact) mass is 175 g/mol. The number of aliphatic hydroxyl groups excluding tert-OH is 1. The molecule has 0 heterocycles. The van der Waals surface area contributed by atoms with Gasteiger partial charge in [-0.2, -0.15) is 0 Å². The van der Waals surface area contributed by atoms with E-state index < -0.39 is 0 Å². The van der Waals surface area contributed by atoms with Gasteiger partial charge in [0.15, 0.2) is 0 Å². The minimum Gasteiger partial charge on any atom is -0.468 e. The van der Waals surface area contributed by atoms with Gasteiger partial charge in [0.05, 0.1) is 19.8 Å². The third-order valence-corrected chi connectivity index (χ3v) is 1.62. The summed E-state index contributed by atoms with van der Waals surface area (Å²) in [5.74, 6) is -0.277. The summed E-state index contributed by atoms with van der Waals surface area (Å²) in [6.45, 7) is 2.78. The van der Waals surface area contributed by atoms with Crippen molar-refractivity contribution in [2.45, 2.75) is 25.9 Å². The summed E-state index contributed by atoms with van der Waals surface area (Å²) in [4.78, 5) is 10.6. The Morgan fingerprint density at radius 3 is 2.83 bits per heavy atom. The predicted molar refractivity (Wildman–Crippen MR) is 45.8 cm³/mol. The van der Waals surface area contributed by atoms with Crippen LogP contribution in [0.25, 0.3) is 0 Å². The zero-order chi connectivity index (χ0) is 9.40. The lowest BCUT2D eigenvalue weighted by atomic mass is 10.2. The molecule has 0 saturated carbocycles. The zero-order valence-electron chi connectivity index (χ0n) is 7.67. The third kappa shape index (κ3) is 6.12. The Hall–Kier alpha value is -0.610. The van der Waals surface area contributed by atoms with Crippen molar-refractivity contribution in [3.63, 3.8) is 0 Å². The molecule has 0 spiro atoms. The number of ether oxygens (including phenoxy) is 1. The summed E-state index contributed by atoms with van der Waals surface area (Å²) in [7, 11) is 1.35. The summed E-state index contributed by atoms with van der Waals surface area (Å²) in [6.07, 6.45) is 1.16. The molecule has 0 saturated heterocycles. The van der Waals surface area contributed by atoms with Gasteiger partial charge in [-0.05, 0) is 19.4 Å². The van der Waals surface area contributed by atoms with Crippen molar-refractivity contribution in [1.29, 1.82) is 0 Å². The Balaban J connectivity index is 3.15. The van der Waals surface area contributed by atoms with E-state index in [0.717, 1.165) is 6.42 Å². The Morgan fingerprint density at radius 1 is 1.67 bits per heavy atom. The smallest absolute Gasteiger partial charge is 0.319 e. The van der Waals surface area contributed by atoms with Crippen LogP contribution in [0, 0.1) is 0 Å². The molecule has 1 unspecified atom stereocenters. The van der Waals surface area contributed by atoms with Crippen LogP contribution in [0.2, 0.25) is 0 Å². The van der Waals surface area contributed by atoms with Gasteiger partial charge in [-0.15, -0.1) is 0 Å². The molecule has 4 heteroatoms. The van der Waals surface area contributed by atoms with Gasteiger partial charge in [-0.25, -0.2) is 0 Å². The lowest BCUT2D eigenvalue weighted by molar-refractivity contribution is -0.139. The molecule has 0 rings (SSSR count). The van der Waals surface area contributed by atoms with Crippen LogP contribution >= 0.6 is 0 Å². The molecule has 72 valence electrons. The average Bonchev–Trinajstić information content (AvgIpc) is 2.11. The number of methoxy groups -OCH3 is 1. The van der Waals surface area contributed by atoms with Crippen LogP contribution in [0.1, 0.15) is 19.8 Å². The molecule has 12 heavy (non-hydrogen) atoms. The van der Waals surface area contributed by atoms with Crippen molar-refractivity contribution in [2.75, 3.05) is 20.2 Å². The summed E-state index contributed by atoms with van der Waals surface area (Å²) in [5, 5.41) is 12.0. The topological polar surface area (TPSA) is 58.6 Å². The molecule has 2 N–H and O–H groups in total. The van der Waals surface area contributed by atoms with Gasteiger partial charge in [0.2, 0.25) is 0 Å². The van der Waals surface area contributed by atoms with Crippen LogP contribution in [0.15, 0.2) is 0 Å². The Morgan fingerprint density at radius 2 is 2.33 bits per heavy atom. The molecule has 0 aliphatic heterocycles. The van der Waals surface area contributed by atoms with E-state index in [1.165, 1.54) is 7.11 Å². The largest absolute Gasteiger partial charge is 0.468 e. The normalized spacial score (nSPS) is 12.6. The summed E-state index contributed by atoms with van der Waals surface area (Å²) < 4.78 is 4.42. The Kier molecular flexibility index (Phi) is 6.70. The number of carbonyl (C=O) groups is 1. The molecule has 0 bridgehead atoms. The first-order chi connectivity index (χ1) is 5.70. The van der Waals surface area contributed by atoms with Crippen LogP contribution in [-0.4, -0.2) is 37.4 Å². The third-order valence-electron chi connectivity index (χ3n) is 1.62. The lowest BCUT2D eigenvalue weighted by Gasteiger charge is -2.07. The van der Waals surface area contributed by atoms with Crippen LogP contribution < -0.4 is 5.32 Å². The number of carbonyl (C=O) groups excluding carboxylic acids is 1. The fourth-order valence-electron chi connectivity index (χ4n) is 0.735. The first-order valence-corrected chi connectivity index (χ1v) is 4.16. The molecular weight excluding hydrogens is 158 g/mol. The molecule has 0 amide bonds. The molecule has 0 aliphatic rings. The Labute approximate surface area is 72.9 Å². The second-order valence-corrected chi connectivity index (χ2v) is 2.60. The molecule has 0 radical (unpaired) electrons. The average molecular weight is 175 g/mol. The maximum absolute atomic E-state index is 10.6. The maximum atomic E-state index is 10.6. The second kappa shape index (κ2) is 7.06. The first kappa shape index (κ1) is 11.4. The molecule has 0 aromatic rings. The van der Waals surface area contributed by atoms with E-state index in [1.54, 1.807) is 0 Å². The van der Waals surface area contributed by atoms with E-state index >= 15 is 0 Å². The predicted octanol–water partition coefficient (Wildman–Crippen LogP) is -0.0900. The number of esters is 1. The summed E-state index contributed by atoms with van der Waals surface area (Å²) in [5.41, 5.74) is 0. The molecule has 1 atom stereocenters. The van der Waals surface area contributed by atoms with E-state index in [0.29, 0.717) is 13.0 Å². The standard InChI is InChI=1S/C8H17NO3/c1-3-7(10)4-5-9-6-8(11)12-2/h7,9-10H,3-6H2,1-2H3. The fraction of sp³-hybridized carbons (Fsp3) is 0.875. The van der Waals surface area contributed by atoms with Crippen molar-refractivity contribution < 1.29 is 14.6 Å². The van der Waals surface area contributed by atoms with Crippen molar-refractivity contribution in [1.82, 2.24) is 5.32 Å². The molecule has 0 aliphatic carbocycles. The van der Waals surface area contributed by atoms with E-state index in [2.05, 4.69) is 10.1 Å². The van der Waals surface area contributed by atoms with Crippen LogP contribution in [0.5, 0.6) is 0 Å². The molecule has 0 aromatic heterocycles. The van der Waals surface area contributed by atoms with E-state index in [9.17, 15) is 4.79 Å². The van der Waals surface area contributed by atoms with Crippen molar-refractivity contribution in [3.05, 3.63) is 0 Å². The fourth-order valence-corrected chi connectivity index (χ4v) is 0.735. The van der Waals surface area contributed by atoms with Gasteiger partial charge in [0.1, 0.15) is 0 Å². The first-order valence-electron chi connectivity index (χ1n) is 4.16. The number of hydrogen-bond donors (Lipinski definition) is 2. The quantitative estimate of drug-likeness (QED) is 0.437. The highest BCUT2D eigenvalue weighted by molar-refractivity contribution is 5.71. The van der Waals surface area contributed by atoms with Gasteiger partial charge in [-0.3, -0.25) is 4.79 Å².